The Balaban J connectivity index is 1.54. The number of rotatable bonds is 3. The molecule has 3 amide bonds. The Morgan fingerprint density at radius 2 is 1.74 bits per heavy atom. The zero-order valence-corrected chi connectivity index (χ0v) is 22.0. The minimum Gasteiger partial charge on any atom is -0.492 e. The summed E-state index contributed by atoms with van der Waals surface area (Å²) in [5, 5.41) is 9.10. The van der Waals surface area contributed by atoms with E-state index in [-0.39, 0.29) is 30.0 Å². The summed E-state index contributed by atoms with van der Waals surface area (Å²) in [5.74, 6) is -0.249. The summed E-state index contributed by atoms with van der Waals surface area (Å²) in [5.41, 5.74) is 1.76. The number of aryl methyl sites for hydroxylation is 1. The number of hydrogen-bond acceptors (Lipinski definition) is 5. The number of carbonyl (C=O) groups excluding carboxylic acids is 3. The summed E-state index contributed by atoms with van der Waals surface area (Å²) in [7, 11) is 1.61. The van der Waals surface area contributed by atoms with E-state index in [0.717, 1.165) is 29.7 Å². The summed E-state index contributed by atoms with van der Waals surface area (Å²) < 4.78 is 19.5. The Morgan fingerprint density at radius 1 is 1.00 bits per heavy atom. The van der Waals surface area contributed by atoms with Gasteiger partial charge in [0.1, 0.15) is 30.3 Å². The number of benzene rings is 2. The molecule has 4 rings (SSSR count). The van der Waals surface area contributed by atoms with Gasteiger partial charge in [0.2, 0.25) is 17.7 Å². The van der Waals surface area contributed by atoms with Gasteiger partial charge < -0.3 is 25.6 Å². The van der Waals surface area contributed by atoms with Gasteiger partial charge in [-0.05, 0) is 67.9 Å². The van der Waals surface area contributed by atoms with E-state index in [9.17, 15) is 18.8 Å². The summed E-state index contributed by atoms with van der Waals surface area (Å²) in [6, 6.07) is 11.6. The SMILES string of the molecule is C[C@@H]1C(=O)N[C@H](Cc2ccc(F)cc2)C(=O)NCCCc2ccccc2OCCN[C@@H](C2CC2)C(=O)N1C. The van der Waals surface area contributed by atoms with Gasteiger partial charge in [-0.2, -0.15) is 0 Å². The second-order valence-corrected chi connectivity index (χ2v) is 10.1. The van der Waals surface area contributed by atoms with Crippen molar-refractivity contribution in [2.24, 2.45) is 5.92 Å². The monoisotopic (exact) mass is 524 g/mol. The predicted octanol–water partition coefficient (Wildman–Crippen LogP) is 2.21. The topological polar surface area (TPSA) is 99.8 Å². The number of nitrogens with one attached hydrogen (secondary N) is 3. The third-order valence-corrected chi connectivity index (χ3v) is 7.27. The largest absolute Gasteiger partial charge is 0.492 e. The third-order valence-electron chi connectivity index (χ3n) is 7.27. The van der Waals surface area contributed by atoms with Crippen LogP contribution < -0.4 is 20.7 Å². The molecular formula is C29H37FN4O4. The van der Waals surface area contributed by atoms with E-state index in [2.05, 4.69) is 16.0 Å². The number of carbonyl (C=O) groups is 3. The Bertz CT molecular complexity index is 1120. The van der Waals surface area contributed by atoms with Gasteiger partial charge in [0.15, 0.2) is 0 Å². The van der Waals surface area contributed by atoms with Crippen molar-refractivity contribution in [1.82, 2.24) is 20.9 Å². The average Bonchev–Trinajstić information content (AvgIpc) is 3.76. The highest BCUT2D eigenvalue weighted by Crippen LogP contribution is 2.33. The van der Waals surface area contributed by atoms with Crippen molar-refractivity contribution in [3.05, 3.63) is 65.5 Å². The molecule has 1 aliphatic heterocycles. The highest BCUT2D eigenvalue weighted by atomic mass is 19.1. The molecule has 1 aliphatic carbocycles. The van der Waals surface area contributed by atoms with Crippen LogP contribution in [0.5, 0.6) is 5.75 Å². The fourth-order valence-corrected chi connectivity index (χ4v) is 4.67. The highest BCUT2D eigenvalue weighted by Gasteiger charge is 2.39. The van der Waals surface area contributed by atoms with Crippen LogP contribution >= 0.6 is 0 Å². The minimum atomic E-state index is -0.870. The first-order chi connectivity index (χ1) is 18.3. The summed E-state index contributed by atoms with van der Waals surface area (Å²) in [4.78, 5) is 41.2. The molecule has 2 aromatic rings. The normalized spacial score (nSPS) is 24.3. The first-order valence-electron chi connectivity index (χ1n) is 13.4. The highest BCUT2D eigenvalue weighted by molar-refractivity contribution is 5.93. The molecule has 1 fully saturated rings. The molecule has 0 saturated heterocycles. The molecule has 3 atom stereocenters. The van der Waals surface area contributed by atoms with E-state index in [0.29, 0.717) is 32.5 Å². The van der Waals surface area contributed by atoms with Crippen molar-refractivity contribution in [2.75, 3.05) is 26.7 Å². The van der Waals surface area contributed by atoms with Gasteiger partial charge in [0.05, 0.1) is 6.04 Å². The third kappa shape index (κ3) is 7.31. The van der Waals surface area contributed by atoms with Gasteiger partial charge in [-0.1, -0.05) is 30.3 Å². The van der Waals surface area contributed by atoms with Crippen LogP contribution in [0.15, 0.2) is 48.5 Å². The number of para-hydroxylation sites is 1. The fraction of sp³-hybridized carbons (Fsp3) is 0.483. The van der Waals surface area contributed by atoms with Gasteiger partial charge in [-0.25, -0.2) is 4.39 Å². The second-order valence-electron chi connectivity index (χ2n) is 10.1. The van der Waals surface area contributed by atoms with Crippen LogP contribution in [0.25, 0.3) is 0 Å². The number of amides is 3. The van der Waals surface area contributed by atoms with E-state index in [1.807, 2.05) is 24.3 Å². The van der Waals surface area contributed by atoms with Crippen molar-refractivity contribution < 1.29 is 23.5 Å². The number of hydrogen-bond donors (Lipinski definition) is 3. The minimum absolute atomic E-state index is 0.156. The number of likely N-dealkylation sites (N-methyl/N-ethyl adjacent to an activating group) is 1. The molecule has 0 spiro atoms. The number of fused-ring (bicyclic) bond motifs is 1. The van der Waals surface area contributed by atoms with Gasteiger partial charge in [-0.15, -0.1) is 0 Å². The molecule has 38 heavy (non-hydrogen) atoms. The Morgan fingerprint density at radius 3 is 2.47 bits per heavy atom. The van der Waals surface area contributed by atoms with E-state index >= 15 is 0 Å². The van der Waals surface area contributed by atoms with Crippen molar-refractivity contribution in [2.45, 2.75) is 57.2 Å². The molecule has 0 aromatic heterocycles. The molecular weight excluding hydrogens is 487 g/mol. The smallest absolute Gasteiger partial charge is 0.243 e. The quantitative estimate of drug-likeness (QED) is 0.572. The number of halogens is 1. The lowest BCUT2D eigenvalue weighted by Gasteiger charge is -2.30. The second kappa shape index (κ2) is 12.9. The van der Waals surface area contributed by atoms with Crippen LogP contribution in [0.4, 0.5) is 4.39 Å². The van der Waals surface area contributed by atoms with E-state index in [1.165, 1.54) is 17.0 Å². The lowest BCUT2D eigenvalue weighted by atomic mass is 10.0. The predicted molar refractivity (Wildman–Crippen MR) is 142 cm³/mol. The van der Waals surface area contributed by atoms with Crippen LogP contribution in [0.3, 0.4) is 0 Å². The van der Waals surface area contributed by atoms with E-state index < -0.39 is 24.0 Å². The Kier molecular flexibility index (Phi) is 9.33. The molecule has 9 heteroatoms. The summed E-state index contributed by atoms with van der Waals surface area (Å²) in [6.45, 7) is 2.99. The Labute approximate surface area is 223 Å². The maximum atomic E-state index is 13.4. The van der Waals surface area contributed by atoms with Gasteiger partial charge in [0, 0.05) is 26.6 Å². The Hall–Kier alpha value is -3.46. The first-order valence-corrected chi connectivity index (χ1v) is 13.4. The zero-order chi connectivity index (χ0) is 27.1. The van der Waals surface area contributed by atoms with E-state index in [4.69, 9.17) is 4.74 Å². The van der Waals surface area contributed by atoms with Crippen molar-refractivity contribution >= 4 is 17.7 Å². The molecule has 2 aliphatic rings. The van der Waals surface area contributed by atoms with Crippen LogP contribution in [-0.2, 0) is 27.2 Å². The van der Waals surface area contributed by atoms with Gasteiger partial charge in [-0.3, -0.25) is 14.4 Å². The lowest BCUT2D eigenvalue weighted by molar-refractivity contribution is -0.141. The van der Waals surface area contributed by atoms with Crippen LogP contribution in [0.1, 0.15) is 37.3 Å². The molecule has 8 nitrogen and oxygen atoms in total. The number of nitrogens with zero attached hydrogens (tertiary/aromatic N) is 1. The van der Waals surface area contributed by atoms with Gasteiger partial charge in [0.25, 0.3) is 0 Å². The molecule has 2 aromatic carbocycles. The summed E-state index contributed by atoms with van der Waals surface area (Å²) in [6.07, 6.45) is 3.52. The van der Waals surface area contributed by atoms with Gasteiger partial charge >= 0.3 is 0 Å². The molecule has 0 bridgehead atoms. The average molecular weight is 525 g/mol. The fourth-order valence-electron chi connectivity index (χ4n) is 4.67. The van der Waals surface area contributed by atoms with Crippen LogP contribution in [0.2, 0.25) is 0 Å². The molecule has 0 radical (unpaired) electrons. The van der Waals surface area contributed by atoms with Crippen LogP contribution in [-0.4, -0.2) is 67.5 Å². The molecule has 0 unspecified atom stereocenters. The van der Waals surface area contributed by atoms with Crippen molar-refractivity contribution in [3.63, 3.8) is 0 Å². The summed E-state index contributed by atoms with van der Waals surface area (Å²) >= 11 is 0. The van der Waals surface area contributed by atoms with Crippen LogP contribution in [0, 0.1) is 11.7 Å². The molecule has 1 heterocycles. The van der Waals surface area contributed by atoms with Crippen molar-refractivity contribution in [1.29, 1.82) is 0 Å². The maximum absolute atomic E-state index is 13.4. The first kappa shape index (κ1) is 27.6. The maximum Gasteiger partial charge on any atom is 0.243 e. The van der Waals surface area contributed by atoms with E-state index in [1.54, 1.807) is 26.1 Å². The number of ether oxygens (including phenoxy) is 1. The standard InChI is InChI=1S/C29H37FN4O4/c1-19-27(35)33-24(18-20-9-13-23(30)14-10-20)28(36)32-15-5-7-21-6-3-4-8-25(21)38-17-16-31-26(22-11-12-22)29(37)34(19)2/h3-4,6,8-10,13-14,19,22,24,26,31H,5,7,11-12,15-18H2,1-2H3,(H,32,36)(H,33,35)/t19-,24-,26+/m1/s1. The zero-order valence-electron chi connectivity index (χ0n) is 22.0. The lowest BCUT2D eigenvalue weighted by Crippen LogP contribution is -2.56. The molecule has 3 N–H and O–H groups in total. The molecule has 1 saturated carbocycles. The molecule has 204 valence electrons. The van der Waals surface area contributed by atoms with Crippen molar-refractivity contribution in [3.8, 4) is 5.75 Å².